The maximum atomic E-state index is 12.7. The number of hydrogen-bond donors (Lipinski definition) is 1. The molecule has 2 N–H and O–H groups in total. The summed E-state index contributed by atoms with van der Waals surface area (Å²) in [6.45, 7) is 8.09. The molecule has 3 unspecified atom stereocenters. The molecule has 3 nitrogen and oxygen atoms in total. The van der Waals surface area contributed by atoms with Crippen LogP contribution >= 0.6 is 12.4 Å². The van der Waals surface area contributed by atoms with E-state index in [1.165, 1.54) is 11.1 Å². The average Bonchev–Trinajstić information content (AvgIpc) is 3.22. The fraction of sp³-hybridized carbons (Fsp3) is 0.611. The second kappa shape index (κ2) is 6.21. The van der Waals surface area contributed by atoms with Crippen LogP contribution in [0.5, 0.6) is 0 Å². The molecule has 0 bridgehead atoms. The molecule has 0 radical (unpaired) electrons. The van der Waals surface area contributed by atoms with Crippen molar-refractivity contribution in [2.45, 2.75) is 45.6 Å². The first-order chi connectivity index (χ1) is 9.90. The second-order valence-corrected chi connectivity index (χ2v) is 7.45. The maximum absolute atomic E-state index is 12.7. The first-order valence-corrected chi connectivity index (χ1v) is 8.00. The van der Waals surface area contributed by atoms with Crippen LogP contribution in [0.3, 0.4) is 0 Å². The van der Waals surface area contributed by atoms with Crippen LogP contribution in [0.2, 0.25) is 0 Å². The Hall–Kier alpha value is -1.06. The van der Waals surface area contributed by atoms with E-state index < -0.39 is 0 Å². The summed E-state index contributed by atoms with van der Waals surface area (Å²) in [6, 6.07) is 8.65. The van der Waals surface area contributed by atoms with Gasteiger partial charge in [0.15, 0.2) is 0 Å². The SMILES string of the molecule is Cc1ccccc1C1CC1C(=O)N1CCC(N)C(C)(C)C1.Cl. The zero-order valence-corrected chi connectivity index (χ0v) is 14.5. The normalized spacial score (nSPS) is 29.6. The summed E-state index contributed by atoms with van der Waals surface area (Å²) in [5, 5.41) is 0. The number of carbonyl (C=O) groups is 1. The third kappa shape index (κ3) is 3.16. The highest BCUT2D eigenvalue weighted by Crippen LogP contribution is 2.50. The van der Waals surface area contributed by atoms with Crippen LogP contribution in [0.25, 0.3) is 0 Å². The zero-order chi connectivity index (χ0) is 15.2. The molecular formula is C18H27ClN2O. The number of aryl methyl sites for hydroxylation is 1. The van der Waals surface area contributed by atoms with E-state index in [9.17, 15) is 4.79 Å². The number of hydrogen-bond acceptors (Lipinski definition) is 2. The van der Waals surface area contributed by atoms with Crippen molar-refractivity contribution in [2.24, 2.45) is 17.1 Å². The van der Waals surface area contributed by atoms with E-state index >= 15 is 0 Å². The minimum absolute atomic E-state index is 0. The van der Waals surface area contributed by atoms with Crippen LogP contribution in [-0.4, -0.2) is 29.9 Å². The number of likely N-dealkylation sites (tertiary alicyclic amines) is 1. The first-order valence-electron chi connectivity index (χ1n) is 8.00. The number of piperidine rings is 1. The van der Waals surface area contributed by atoms with Gasteiger partial charge in [-0.25, -0.2) is 0 Å². The summed E-state index contributed by atoms with van der Waals surface area (Å²) in [6.07, 6.45) is 1.92. The van der Waals surface area contributed by atoms with Crippen LogP contribution < -0.4 is 5.73 Å². The van der Waals surface area contributed by atoms with Crippen molar-refractivity contribution in [2.75, 3.05) is 13.1 Å². The van der Waals surface area contributed by atoms with E-state index in [1.807, 2.05) is 4.90 Å². The number of amides is 1. The van der Waals surface area contributed by atoms with Gasteiger partial charge < -0.3 is 10.6 Å². The molecule has 1 aromatic rings. The molecule has 1 saturated carbocycles. The molecule has 1 aromatic carbocycles. The molecule has 1 aliphatic carbocycles. The van der Waals surface area contributed by atoms with Crippen molar-refractivity contribution >= 4 is 18.3 Å². The highest BCUT2D eigenvalue weighted by atomic mass is 35.5. The van der Waals surface area contributed by atoms with Gasteiger partial charge in [-0.1, -0.05) is 38.1 Å². The lowest BCUT2D eigenvalue weighted by Gasteiger charge is -2.42. The van der Waals surface area contributed by atoms with Crippen molar-refractivity contribution in [1.29, 1.82) is 0 Å². The van der Waals surface area contributed by atoms with Gasteiger partial charge in [0, 0.05) is 25.0 Å². The number of nitrogens with two attached hydrogens (primary N) is 1. The Kier molecular flexibility index (Phi) is 4.88. The first kappa shape index (κ1) is 17.3. The summed E-state index contributed by atoms with van der Waals surface area (Å²) in [5.74, 6) is 0.955. The second-order valence-electron chi connectivity index (χ2n) is 7.45. The van der Waals surface area contributed by atoms with Gasteiger partial charge in [0.2, 0.25) is 5.91 Å². The molecule has 22 heavy (non-hydrogen) atoms. The minimum Gasteiger partial charge on any atom is -0.342 e. The minimum atomic E-state index is 0. The Morgan fingerprint density at radius 3 is 2.64 bits per heavy atom. The Labute approximate surface area is 139 Å². The standard InChI is InChI=1S/C18H26N2O.ClH/c1-12-6-4-5-7-13(12)14-10-15(14)17(21)20-9-8-16(19)18(2,3)11-20;/h4-7,14-16H,8-11,19H2,1-3H3;1H. The van der Waals surface area contributed by atoms with Gasteiger partial charge in [0.05, 0.1) is 0 Å². The molecule has 3 rings (SSSR count). The van der Waals surface area contributed by atoms with Gasteiger partial charge in [-0.15, -0.1) is 12.4 Å². The quantitative estimate of drug-likeness (QED) is 0.909. The smallest absolute Gasteiger partial charge is 0.226 e. The summed E-state index contributed by atoms with van der Waals surface area (Å²) >= 11 is 0. The summed E-state index contributed by atoms with van der Waals surface area (Å²) in [7, 11) is 0. The van der Waals surface area contributed by atoms with Gasteiger partial charge in [0.25, 0.3) is 0 Å². The molecule has 1 heterocycles. The lowest BCUT2D eigenvalue weighted by molar-refractivity contribution is -0.136. The number of rotatable bonds is 2. The summed E-state index contributed by atoms with van der Waals surface area (Å²) in [5.41, 5.74) is 8.85. The predicted octanol–water partition coefficient (Wildman–Crippen LogP) is 3.11. The van der Waals surface area contributed by atoms with E-state index in [2.05, 4.69) is 45.0 Å². The summed E-state index contributed by atoms with van der Waals surface area (Å²) in [4.78, 5) is 14.8. The van der Waals surface area contributed by atoms with Crippen LogP contribution in [0.1, 0.15) is 43.7 Å². The molecule has 1 aliphatic heterocycles. The number of carbonyl (C=O) groups excluding carboxylic acids is 1. The van der Waals surface area contributed by atoms with Gasteiger partial charge in [-0.2, -0.15) is 0 Å². The topological polar surface area (TPSA) is 46.3 Å². The molecule has 1 amide bonds. The molecule has 2 aliphatic rings. The molecular weight excluding hydrogens is 296 g/mol. The number of nitrogens with zero attached hydrogens (tertiary/aromatic N) is 1. The Morgan fingerprint density at radius 2 is 2.00 bits per heavy atom. The maximum Gasteiger partial charge on any atom is 0.226 e. The Bertz CT molecular complexity index is 558. The summed E-state index contributed by atoms with van der Waals surface area (Å²) < 4.78 is 0. The predicted molar refractivity (Wildman–Crippen MR) is 92.2 cm³/mol. The van der Waals surface area contributed by atoms with Crippen molar-refractivity contribution in [3.63, 3.8) is 0 Å². The highest BCUT2D eigenvalue weighted by Gasteiger charge is 2.48. The highest BCUT2D eigenvalue weighted by molar-refractivity contribution is 5.85. The van der Waals surface area contributed by atoms with E-state index in [4.69, 9.17) is 5.73 Å². The third-order valence-electron chi connectivity index (χ3n) is 5.32. The average molecular weight is 323 g/mol. The lowest BCUT2D eigenvalue weighted by atomic mass is 9.79. The Balaban J connectivity index is 0.00000176. The van der Waals surface area contributed by atoms with Crippen molar-refractivity contribution in [3.8, 4) is 0 Å². The fourth-order valence-corrected chi connectivity index (χ4v) is 3.61. The molecule has 1 saturated heterocycles. The van der Waals surface area contributed by atoms with Gasteiger partial charge in [0.1, 0.15) is 0 Å². The fourth-order valence-electron chi connectivity index (χ4n) is 3.61. The van der Waals surface area contributed by atoms with Crippen LogP contribution in [0.15, 0.2) is 24.3 Å². The number of halogens is 1. The largest absolute Gasteiger partial charge is 0.342 e. The van der Waals surface area contributed by atoms with Crippen molar-refractivity contribution < 1.29 is 4.79 Å². The lowest BCUT2D eigenvalue weighted by Crippen LogP contribution is -2.54. The molecule has 4 heteroatoms. The molecule has 3 atom stereocenters. The molecule has 0 aromatic heterocycles. The van der Waals surface area contributed by atoms with Crippen LogP contribution in [0.4, 0.5) is 0 Å². The third-order valence-corrected chi connectivity index (χ3v) is 5.32. The zero-order valence-electron chi connectivity index (χ0n) is 13.7. The van der Waals surface area contributed by atoms with E-state index in [0.717, 1.165) is 25.9 Å². The van der Waals surface area contributed by atoms with Crippen LogP contribution in [-0.2, 0) is 4.79 Å². The Morgan fingerprint density at radius 1 is 1.32 bits per heavy atom. The van der Waals surface area contributed by atoms with E-state index in [0.29, 0.717) is 11.8 Å². The van der Waals surface area contributed by atoms with Crippen LogP contribution in [0, 0.1) is 18.3 Å². The molecule has 0 spiro atoms. The van der Waals surface area contributed by atoms with Gasteiger partial charge in [-0.3, -0.25) is 4.79 Å². The van der Waals surface area contributed by atoms with E-state index in [-0.39, 0.29) is 29.8 Å². The van der Waals surface area contributed by atoms with E-state index in [1.54, 1.807) is 0 Å². The van der Waals surface area contributed by atoms with Gasteiger partial charge in [-0.05, 0) is 42.2 Å². The monoisotopic (exact) mass is 322 g/mol. The molecule has 122 valence electrons. The van der Waals surface area contributed by atoms with Crippen molar-refractivity contribution in [3.05, 3.63) is 35.4 Å². The van der Waals surface area contributed by atoms with Crippen molar-refractivity contribution in [1.82, 2.24) is 4.90 Å². The van der Waals surface area contributed by atoms with Gasteiger partial charge >= 0.3 is 0 Å². The number of benzene rings is 1. The molecule has 2 fully saturated rings.